The molecule has 0 radical (unpaired) electrons. The van der Waals surface area contributed by atoms with Gasteiger partial charge in [-0.05, 0) is 56.2 Å². The molecule has 2 rings (SSSR count). The summed E-state index contributed by atoms with van der Waals surface area (Å²) in [6.45, 7) is -0.192. The van der Waals surface area contributed by atoms with E-state index in [1.54, 1.807) is 4.57 Å². The number of aliphatic hydroxyl groups is 1. The molecule has 0 bridgehead atoms. The third-order valence-corrected chi connectivity index (χ3v) is 4.03. The molecule has 0 aliphatic carbocycles. The normalized spacial score (nSPS) is 10.8. The number of benzene rings is 1. The number of halogens is 3. The molecule has 1 aromatic carbocycles. The highest BCUT2D eigenvalue weighted by Crippen LogP contribution is 2.33. The van der Waals surface area contributed by atoms with E-state index in [-0.39, 0.29) is 6.61 Å². The van der Waals surface area contributed by atoms with Crippen LogP contribution in [-0.2, 0) is 6.61 Å². The number of hydrogen-bond acceptors (Lipinski definition) is 3. The summed E-state index contributed by atoms with van der Waals surface area (Å²) in [6.07, 6.45) is 0. The average Bonchev–Trinajstić information content (AvgIpc) is 2.59. The zero-order chi connectivity index (χ0) is 12.6. The molecular weight excluding hydrogens is 438 g/mol. The second-order valence-electron chi connectivity index (χ2n) is 3.16. The molecule has 0 aliphatic heterocycles. The Morgan fingerprint density at radius 2 is 1.88 bits per heavy atom. The van der Waals surface area contributed by atoms with Gasteiger partial charge in [0.2, 0.25) is 0 Å². The summed E-state index contributed by atoms with van der Waals surface area (Å²) in [5.74, 6) is 0.457. The Hall–Kier alpha value is -0.0200. The van der Waals surface area contributed by atoms with Gasteiger partial charge in [-0.2, -0.15) is 5.10 Å². The van der Waals surface area contributed by atoms with Gasteiger partial charge in [0, 0.05) is 13.4 Å². The molecule has 2 N–H and O–H groups in total. The first-order valence-electron chi connectivity index (χ1n) is 4.46. The highest BCUT2D eigenvalue weighted by atomic mass is 79.9. The van der Waals surface area contributed by atoms with E-state index in [1.807, 2.05) is 12.1 Å². The molecule has 17 heavy (non-hydrogen) atoms. The van der Waals surface area contributed by atoms with Crippen molar-refractivity contribution in [3.63, 3.8) is 0 Å². The van der Waals surface area contributed by atoms with E-state index in [4.69, 9.17) is 12.2 Å². The van der Waals surface area contributed by atoms with E-state index >= 15 is 0 Å². The van der Waals surface area contributed by atoms with Gasteiger partial charge in [0.1, 0.15) is 6.61 Å². The summed E-state index contributed by atoms with van der Waals surface area (Å²) in [7, 11) is 0. The first-order chi connectivity index (χ1) is 8.04. The standard InChI is InChI=1S/C9H6Br3N3OS/c10-4-1-5(11)8(6(12)2-4)15-7(3-16)13-14-9(15)17/h1-2,16H,3H2,(H,14,17). The fraction of sp³-hybridized carbons (Fsp3) is 0.111. The smallest absolute Gasteiger partial charge is 0.200 e. The lowest BCUT2D eigenvalue weighted by molar-refractivity contribution is 0.268. The van der Waals surface area contributed by atoms with Crippen LogP contribution in [0.1, 0.15) is 5.82 Å². The van der Waals surface area contributed by atoms with Gasteiger partial charge in [-0.15, -0.1) is 0 Å². The van der Waals surface area contributed by atoms with Crippen LogP contribution in [-0.4, -0.2) is 19.9 Å². The van der Waals surface area contributed by atoms with Crippen LogP contribution in [0.25, 0.3) is 5.69 Å². The third-order valence-electron chi connectivity index (χ3n) is 2.09. The number of H-pyrrole nitrogens is 1. The van der Waals surface area contributed by atoms with Crippen molar-refractivity contribution in [1.82, 2.24) is 14.8 Å². The number of hydrogen-bond donors (Lipinski definition) is 2. The molecule has 0 saturated carbocycles. The Balaban J connectivity index is 2.77. The van der Waals surface area contributed by atoms with E-state index in [0.717, 1.165) is 19.1 Å². The Labute approximate surface area is 127 Å². The third kappa shape index (κ3) is 2.55. The minimum Gasteiger partial charge on any atom is -0.388 e. The van der Waals surface area contributed by atoms with E-state index < -0.39 is 0 Å². The summed E-state index contributed by atoms with van der Waals surface area (Å²) in [5.41, 5.74) is 0.802. The molecule has 1 aromatic heterocycles. The summed E-state index contributed by atoms with van der Waals surface area (Å²) in [5, 5.41) is 15.9. The van der Waals surface area contributed by atoms with Gasteiger partial charge in [-0.3, -0.25) is 9.67 Å². The van der Waals surface area contributed by atoms with E-state index in [2.05, 4.69) is 58.0 Å². The van der Waals surface area contributed by atoms with Crippen LogP contribution < -0.4 is 0 Å². The Morgan fingerprint density at radius 3 is 2.41 bits per heavy atom. The van der Waals surface area contributed by atoms with Crippen LogP contribution in [0.15, 0.2) is 25.6 Å². The zero-order valence-corrected chi connectivity index (χ0v) is 13.8. The molecule has 1 heterocycles. The van der Waals surface area contributed by atoms with Gasteiger partial charge >= 0.3 is 0 Å². The van der Waals surface area contributed by atoms with E-state index in [0.29, 0.717) is 10.6 Å². The average molecular weight is 444 g/mol. The van der Waals surface area contributed by atoms with E-state index in [9.17, 15) is 5.11 Å². The predicted octanol–water partition coefficient (Wildman–Crippen LogP) is 3.71. The van der Waals surface area contributed by atoms with Crippen LogP contribution in [0.2, 0.25) is 0 Å². The Kier molecular flexibility index (Phi) is 4.19. The quantitative estimate of drug-likeness (QED) is 0.696. The maximum atomic E-state index is 9.24. The number of aromatic nitrogens is 3. The zero-order valence-electron chi connectivity index (χ0n) is 8.25. The van der Waals surface area contributed by atoms with Crippen molar-refractivity contribution in [3.05, 3.63) is 36.1 Å². The van der Waals surface area contributed by atoms with Crippen molar-refractivity contribution in [2.75, 3.05) is 0 Å². The first kappa shape index (κ1) is 13.4. The molecule has 0 aliphatic rings. The van der Waals surface area contributed by atoms with Crippen molar-refractivity contribution in [3.8, 4) is 5.69 Å². The highest BCUT2D eigenvalue weighted by Gasteiger charge is 2.14. The van der Waals surface area contributed by atoms with Crippen LogP contribution in [0.4, 0.5) is 0 Å². The maximum Gasteiger partial charge on any atom is 0.200 e. The largest absolute Gasteiger partial charge is 0.388 e. The number of nitrogens with one attached hydrogen (secondary N) is 1. The lowest BCUT2D eigenvalue weighted by atomic mass is 10.3. The van der Waals surface area contributed by atoms with Gasteiger partial charge in [0.25, 0.3) is 0 Å². The Morgan fingerprint density at radius 1 is 1.29 bits per heavy atom. The van der Waals surface area contributed by atoms with Crippen molar-refractivity contribution in [2.24, 2.45) is 0 Å². The molecule has 0 fully saturated rings. The summed E-state index contributed by atoms with van der Waals surface area (Å²) in [4.78, 5) is 0. The minimum absolute atomic E-state index is 0.192. The Bertz CT molecular complexity index is 599. The number of aromatic amines is 1. The molecule has 0 amide bonds. The number of aliphatic hydroxyl groups excluding tert-OH is 1. The van der Waals surface area contributed by atoms with Gasteiger partial charge in [-0.25, -0.2) is 0 Å². The van der Waals surface area contributed by atoms with Gasteiger partial charge in [-0.1, -0.05) is 15.9 Å². The van der Waals surface area contributed by atoms with Crippen molar-refractivity contribution < 1.29 is 5.11 Å². The van der Waals surface area contributed by atoms with Gasteiger partial charge < -0.3 is 5.11 Å². The molecule has 4 nitrogen and oxygen atoms in total. The van der Waals surface area contributed by atoms with Crippen LogP contribution in [0.5, 0.6) is 0 Å². The summed E-state index contributed by atoms with van der Waals surface area (Å²) < 4.78 is 4.71. The van der Waals surface area contributed by atoms with Gasteiger partial charge in [0.15, 0.2) is 10.6 Å². The van der Waals surface area contributed by atoms with Gasteiger partial charge in [0.05, 0.1) is 5.69 Å². The number of rotatable bonds is 2. The summed E-state index contributed by atoms with van der Waals surface area (Å²) in [6, 6.07) is 3.80. The van der Waals surface area contributed by atoms with Crippen molar-refractivity contribution in [1.29, 1.82) is 0 Å². The van der Waals surface area contributed by atoms with Crippen LogP contribution in [0.3, 0.4) is 0 Å². The molecule has 0 spiro atoms. The molecule has 90 valence electrons. The SMILES string of the molecule is OCc1n[nH]c(=S)n1-c1c(Br)cc(Br)cc1Br. The monoisotopic (exact) mass is 441 g/mol. The lowest BCUT2D eigenvalue weighted by Gasteiger charge is -2.10. The van der Waals surface area contributed by atoms with Crippen molar-refractivity contribution >= 4 is 60.0 Å². The fourth-order valence-electron chi connectivity index (χ4n) is 1.41. The molecule has 0 unspecified atom stereocenters. The van der Waals surface area contributed by atoms with Crippen LogP contribution >= 0.6 is 60.0 Å². The maximum absolute atomic E-state index is 9.24. The van der Waals surface area contributed by atoms with E-state index in [1.165, 1.54) is 0 Å². The second kappa shape index (κ2) is 5.31. The second-order valence-corrected chi connectivity index (χ2v) is 6.17. The molecular formula is C9H6Br3N3OS. The first-order valence-corrected chi connectivity index (χ1v) is 7.25. The van der Waals surface area contributed by atoms with Crippen molar-refractivity contribution in [2.45, 2.75) is 6.61 Å². The topological polar surface area (TPSA) is 53.8 Å². The molecule has 2 aromatic rings. The lowest BCUT2D eigenvalue weighted by Crippen LogP contribution is -2.03. The van der Waals surface area contributed by atoms with Crippen LogP contribution in [0, 0.1) is 4.77 Å². The summed E-state index contributed by atoms with van der Waals surface area (Å²) >= 11 is 15.5. The highest BCUT2D eigenvalue weighted by molar-refractivity contribution is 9.11. The molecule has 0 atom stereocenters. The fourth-order valence-corrected chi connectivity index (χ4v) is 4.27. The minimum atomic E-state index is -0.192. The predicted molar refractivity (Wildman–Crippen MR) is 77.8 cm³/mol. The molecule has 0 saturated heterocycles. The molecule has 8 heteroatoms. The number of nitrogens with zero attached hydrogens (tertiary/aromatic N) is 2.